The minimum absolute atomic E-state index is 0.0353. The quantitative estimate of drug-likeness (QED) is 0.466. The Morgan fingerprint density at radius 2 is 1.38 bits per heavy atom. The Labute approximate surface area is 196 Å². The van der Waals surface area contributed by atoms with Crippen LogP contribution in [0, 0.1) is 0 Å². The molecule has 2 aliphatic rings. The largest absolute Gasteiger partial charge is 0.416 e. The van der Waals surface area contributed by atoms with E-state index < -0.39 is 23.6 Å². The van der Waals surface area contributed by atoms with Crippen molar-refractivity contribution in [2.75, 3.05) is 4.90 Å². The summed E-state index contributed by atoms with van der Waals surface area (Å²) in [5.74, 6) is -1.67. The second-order valence-electron chi connectivity index (χ2n) is 8.40. The van der Waals surface area contributed by atoms with Crippen LogP contribution in [0.25, 0.3) is 0 Å². The SMILES string of the molecule is O=C1C(Cl)=C(NC2CCCCCCCCCCC2)C(=O)N1c1cc(C(F)(F)F)ccc1Cl. The first-order valence-electron chi connectivity index (χ1n) is 11.1. The molecule has 0 atom stereocenters. The van der Waals surface area contributed by atoms with Crippen molar-refractivity contribution in [3.8, 4) is 0 Å². The molecule has 0 aromatic heterocycles. The van der Waals surface area contributed by atoms with Crippen LogP contribution in [0.3, 0.4) is 0 Å². The molecule has 0 radical (unpaired) electrons. The van der Waals surface area contributed by atoms with E-state index in [1.54, 1.807) is 0 Å². The molecule has 0 unspecified atom stereocenters. The molecule has 4 nitrogen and oxygen atoms in total. The molecule has 1 aliphatic heterocycles. The lowest BCUT2D eigenvalue weighted by atomic mass is 9.98. The highest BCUT2D eigenvalue weighted by atomic mass is 35.5. The molecule has 9 heteroatoms. The molecule has 1 aromatic carbocycles. The highest BCUT2D eigenvalue weighted by Gasteiger charge is 2.41. The number of hydrogen-bond acceptors (Lipinski definition) is 3. The maximum absolute atomic E-state index is 13.2. The van der Waals surface area contributed by atoms with E-state index in [4.69, 9.17) is 23.2 Å². The Balaban J connectivity index is 1.78. The molecule has 32 heavy (non-hydrogen) atoms. The highest BCUT2D eigenvalue weighted by molar-refractivity contribution is 6.53. The zero-order valence-corrected chi connectivity index (χ0v) is 19.3. The van der Waals surface area contributed by atoms with Crippen LogP contribution < -0.4 is 10.2 Å². The maximum atomic E-state index is 13.2. The van der Waals surface area contributed by atoms with Crippen molar-refractivity contribution in [3.63, 3.8) is 0 Å². The van der Waals surface area contributed by atoms with Gasteiger partial charge in [0, 0.05) is 6.04 Å². The standard InChI is InChI=1S/C23H27Cl2F3N2O2/c24-17-13-12-15(23(26,27)28)14-18(17)30-21(31)19(25)20(22(30)32)29-16-10-8-6-4-2-1-3-5-7-9-11-16/h12-14,16,29H,1-11H2. The van der Waals surface area contributed by atoms with Gasteiger partial charge in [-0.2, -0.15) is 13.2 Å². The molecule has 3 rings (SSSR count). The summed E-state index contributed by atoms with van der Waals surface area (Å²) >= 11 is 12.2. The van der Waals surface area contributed by atoms with Crippen LogP contribution in [0.1, 0.15) is 76.2 Å². The lowest BCUT2D eigenvalue weighted by molar-refractivity contribution is -0.137. The van der Waals surface area contributed by atoms with Crippen molar-refractivity contribution >= 4 is 40.7 Å². The number of imide groups is 1. The number of halogens is 5. The first kappa shape index (κ1) is 24.9. The second kappa shape index (κ2) is 10.9. The fraction of sp³-hybridized carbons (Fsp3) is 0.565. The van der Waals surface area contributed by atoms with E-state index in [9.17, 15) is 22.8 Å². The normalized spacial score (nSPS) is 20.3. The Morgan fingerprint density at radius 1 is 0.844 bits per heavy atom. The third-order valence-electron chi connectivity index (χ3n) is 6.00. The Morgan fingerprint density at radius 3 is 1.91 bits per heavy atom. The van der Waals surface area contributed by atoms with Crippen LogP contribution in [0.5, 0.6) is 0 Å². The molecule has 1 saturated carbocycles. The zero-order chi connectivity index (χ0) is 23.3. The summed E-state index contributed by atoms with van der Waals surface area (Å²) in [5.41, 5.74) is -1.40. The lowest BCUT2D eigenvalue weighted by Gasteiger charge is -2.22. The maximum Gasteiger partial charge on any atom is 0.416 e. The molecule has 1 aromatic rings. The first-order chi connectivity index (χ1) is 15.2. The van der Waals surface area contributed by atoms with Gasteiger partial charge < -0.3 is 5.32 Å². The Kier molecular flexibility index (Phi) is 8.50. The van der Waals surface area contributed by atoms with Crippen molar-refractivity contribution in [3.05, 3.63) is 39.5 Å². The predicted molar refractivity (Wildman–Crippen MR) is 120 cm³/mol. The van der Waals surface area contributed by atoms with E-state index in [1.165, 1.54) is 32.1 Å². The van der Waals surface area contributed by atoms with E-state index in [0.717, 1.165) is 50.7 Å². The summed E-state index contributed by atoms with van der Waals surface area (Å²) in [6, 6.07) is 2.48. The Hall–Kier alpha value is -1.73. The van der Waals surface area contributed by atoms with Crippen LogP contribution in [0.15, 0.2) is 28.9 Å². The molecule has 1 fully saturated rings. The third-order valence-corrected chi connectivity index (χ3v) is 6.67. The number of amides is 2. The molecule has 176 valence electrons. The third kappa shape index (κ3) is 5.98. The number of benzene rings is 1. The zero-order valence-electron chi connectivity index (χ0n) is 17.7. The minimum Gasteiger partial charge on any atom is -0.376 e. The second-order valence-corrected chi connectivity index (χ2v) is 9.18. The number of carbonyl (C=O) groups excluding carboxylic acids is 2. The van der Waals surface area contributed by atoms with Gasteiger partial charge in [-0.25, -0.2) is 4.90 Å². The van der Waals surface area contributed by atoms with Gasteiger partial charge in [-0.1, -0.05) is 81.0 Å². The van der Waals surface area contributed by atoms with Gasteiger partial charge in [-0.3, -0.25) is 9.59 Å². The van der Waals surface area contributed by atoms with Crippen LogP contribution >= 0.6 is 23.2 Å². The summed E-state index contributed by atoms with van der Waals surface area (Å²) in [4.78, 5) is 26.4. The highest BCUT2D eigenvalue weighted by Crippen LogP contribution is 2.38. The van der Waals surface area contributed by atoms with E-state index in [0.29, 0.717) is 11.0 Å². The fourth-order valence-electron chi connectivity index (χ4n) is 4.22. The topological polar surface area (TPSA) is 49.4 Å². The number of anilines is 1. The van der Waals surface area contributed by atoms with Crippen molar-refractivity contribution in [1.29, 1.82) is 0 Å². The number of nitrogens with one attached hydrogen (secondary N) is 1. The van der Waals surface area contributed by atoms with Gasteiger partial charge in [0.05, 0.1) is 16.3 Å². The average Bonchev–Trinajstić information content (AvgIpc) is 2.93. The Bertz CT molecular complexity index is 874. The van der Waals surface area contributed by atoms with Crippen LogP contribution in [0.4, 0.5) is 18.9 Å². The first-order valence-corrected chi connectivity index (χ1v) is 11.9. The van der Waals surface area contributed by atoms with Crippen molar-refractivity contribution in [2.24, 2.45) is 0 Å². The van der Waals surface area contributed by atoms with Gasteiger partial charge >= 0.3 is 6.18 Å². The van der Waals surface area contributed by atoms with Crippen molar-refractivity contribution in [2.45, 2.75) is 82.8 Å². The molecule has 0 saturated heterocycles. The lowest BCUT2D eigenvalue weighted by Crippen LogP contribution is -2.37. The summed E-state index contributed by atoms with van der Waals surface area (Å²) < 4.78 is 39.5. The predicted octanol–water partition coefficient (Wildman–Crippen LogP) is 6.95. The van der Waals surface area contributed by atoms with E-state index >= 15 is 0 Å². The smallest absolute Gasteiger partial charge is 0.376 e. The molecular weight excluding hydrogens is 464 g/mol. The van der Waals surface area contributed by atoms with Crippen LogP contribution in [-0.2, 0) is 15.8 Å². The number of rotatable bonds is 3. The van der Waals surface area contributed by atoms with Gasteiger partial charge in [0.2, 0.25) is 0 Å². The molecule has 2 amide bonds. The number of nitrogens with zero attached hydrogens (tertiary/aromatic N) is 1. The molecule has 1 aliphatic carbocycles. The van der Waals surface area contributed by atoms with Crippen LogP contribution in [0.2, 0.25) is 5.02 Å². The summed E-state index contributed by atoms with van der Waals surface area (Å²) in [6.07, 6.45) is 7.30. The fourth-order valence-corrected chi connectivity index (χ4v) is 4.64. The number of hydrogen-bond donors (Lipinski definition) is 1. The van der Waals surface area contributed by atoms with Gasteiger partial charge in [0.1, 0.15) is 10.7 Å². The number of alkyl halides is 3. The number of carbonyl (C=O) groups is 2. The van der Waals surface area contributed by atoms with E-state index in [2.05, 4.69) is 5.32 Å². The van der Waals surface area contributed by atoms with Crippen molar-refractivity contribution < 1.29 is 22.8 Å². The molecule has 0 bridgehead atoms. The molecule has 0 spiro atoms. The average molecular weight is 491 g/mol. The molecular formula is C23H27Cl2F3N2O2. The van der Waals surface area contributed by atoms with Gasteiger partial charge in [0.15, 0.2) is 0 Å². The van der Waals surface area contributed by atoms with E-state index in [-0.39, 0.29) is 27.5 Å². The van der Waals surface area contributed by atoms with Crippen LogP contribution in [-0.4, -0.2) is 17.9 Å². The molecule has 1 N–H and O–H groups in total. The minimum atomic E-state index is -4.64. The van der Waals surface area contributed by atoms with Gasteiger partial charge in [-0.05, 0) is 31.0 Å². The summed E-state index contributed by atoms with van der Waals surface area (Å²) in [5, 5.41) is 2.67. The summed E-state index contributed by atoms with van der Waals surface area (Å²) in [6.45, 7) is 0. The van der Waals surface area contributed by atoms with Crippen molar-refractivity contribution in [1.82, 2.24) is 5.32 Å². The van der Waals surface area contributed by atoms with E-state index in [1.807, 2.05) is 0 Å². The summed E-state index contributed by atoms with van der Waals surface area (Å²) in [7, 11) is 0. The molecule has 1 heterocycles. The van der Waals surface area contributed by atoms with Gasteiger partial charge in [0.25, 0.3) is 11.8 Å². The monoisotopic (exact) mass is 490 g/mol. The van der Waals surface area contributed by atoms with Gasteiger partial charge in [-0.15, -0.1) is 0 Å².